The van der Waals surface area contributed by atoms with Crippen LogP contribution >= 0.6 is 0 Å². The van der Waals surface area contributed by atoms with Crippen molar-refractivity contribution in [3.8, 4) is 0 Å². The number of nitrogens with two attached hydrogens (primary N) is 1. The minimum absolute atomic E-state index is 0.103. The zero-order chi connectivity index (χ0) is 45.0. The molecule has 5 aromatic carbocycles. The topological polar surface area (TPSA) is 250 Å². The Morgan fingerprint density at radius 1 is 0.475 bits per heavy atom. The van der Waals surface area contributed by atoms with E-state index in [0.29, 0.717) is 16.7 Å². The summed E-state index contributed by atoms with van der Waals surface area (Å²) in [5.74, 6) is -8.67. The normalized spacial score (nSPS) is 24.4. The largest absolute Gasteiger partial charge is 0.481 e. The molecule has 8 N–H and O–H groups in total. The van der Waals surface area contributed by atoms with Gasteiger partial charge in [-0.15, -0.1) is 0 Å². The Bertz CT molecular complexity index is 2250. The number of aryl methyl sites for hydroxylation is 3. The fraction of sp³-hybridized carbons (Fsp3) is 0.292. The van der Waals surface area contributed by atoms with Crippen molar-refractivity contribution in [1.29, 1.82) is 0 Å². The van der Waals surface area contributed by atoms with Gasteiger partial charge in [0.1, 0.15) is 16.2 Å². The molecule has 3 aliphatic rings. The van der Waals surface area contributed by atoms with Crippen LogP contribution in [0.5, 0.6) is 0 Å². The molecular weight excluding hydrogens is 783 g/mol. The quantitative estimate of drug-likeness (QED) is 0.0741. The van der Waals surface area contributed by atoms with Gasteiger partial charge in [0, 0.05) is 6.04 Å². The van der Waals surface area contributed by atoms with Crippen molar-refractivity contribution in [3.05, 3.63) is 154 Å². The van der Waals surface area contributed by atoms with Crippen LogP contribution in [-0.4, -0.2) is 66.5 Å². The standard InChI is InChI=1S/C12H13N.3C12H12O4/c1-9(13)11-8-4-6-10-5-2-3-7-12(10)11;3*1-7-2-4-8(5-3-7)12(11(15)16)6-9(12)10(13)14/h2-9H,13H2,1H3;3*2-5,9H,6H2,1H3,(H,13,14)(H,15,16)/t9-;2*9?,12-;/m000./s1. The van der Waals surface area contributed by atoms with E-state index < -0.39 is 69.8 Å². The molecule has 3 fully saturated rings. The minimum atomic E-state index is -1.21. The van der Waals surface area contributed by atoms with Crippen LogP contribution in [0.3, 0.4) is 0 Å². The van der Waals surface area contributed by atoms with Gasteiger partial charge in [-0.2, -0.15) is 0 Å². The van der Waals surface area contributed by atoms with Gasteiger partial charge in [0.2, 0.25) is 0 Å². The van der Waals surface area contributed by atoms with E-state index in [0.717, 1.165) is 16.7 Å². The Balaban J connectivity index is 0.000000154. The molecule has 13 heteroatoms. The highest BCUT2D eigenvalue weighted by atomic mass is 16.4. The number of carboxylic acid groups (broad SMARTS) is 6. The summed E-state index contributed by atoms with van der Waals surface area (Å²) < 4.78 is 0. The number of fused-ring (bicyclic) bond motifs is 1. The molecule has 5 aromatic rings. The lowest BCUT2D eigenvalue weighted by molar-refractivity contribution is -0.145. The predicted molar refractivity (Wildman–Crippen MR) is 225 cm³/mol. The van der Waals surface area contributed by atoms with E-state index in [4.69, 9.17) is 21.1 Å². The van der Waals surface area contributed by atoms with Crippen LogP contribution in [0.2, 0.25) is 0 Å². The third-order valence-corrected chi connectivity index (χ3v) is 11.9. The molecular formula is C48H49NO12. The van der Waals surface area contributed by atoms with Crippen molar-refractivity contribution in [2.45, 2.75) is 69.2 Å². The van der Waals surface area contributed by atoms with Crippen LogP contribution in [0, 0.1) is 38.5 Å². The maximum absolute atomic E-state index is 11.2. The highest BCUT2D eigenvalue weighted by Crippen LogP contribution is 2.56. The van der Waals surface area contributed by atoms with E-state index >= 15 is 0 Å². The van der Waals surface area contributed by atoms with Crippen LogP contribution in [0.25, 0.3) is 10.8 Å². The van der Waals surface area contributed by atoms with Gasteiger partial charge in [-0.05, 0) is 80.0 Å². The summed E-state index contributed by atoms with van der Waals surface area (Å²) in [6, 6.07) is 35.7. The summed E-state index contributed by atoms with van der Waals surface area (Å²) in [5, 5.41) is 56.7. The lowest BCUT2D eigenvalue weighted by atomic mass is 9.92. The van der Waals surface area contributed by atoms with E-state index in [1.165, 1.54) is 16.3 Å². The predicted octanol–water partition coefficient (Wildman–Crippen LogP) is 7.13. The molecule has 0 heterocycles. The third-order valence-electron chi connectivity index (χ3n) is 11.9. The van der Waals surface area contributed by atoms with Crippen molar-refractivity contribution in [3.63, 3.8) is 0 Å². The van der Waals surface area contributed by atoms with Crippen molar-refractivity contribution in [2.24, 2.45) is 23.5 Å². The van der Waals surface area contributed by atoms with Crippen LogP contribution in [0.15, 0.2) is 115 Å². The summed E-state index contributed by atoms with van der Waals surface area (Å²) in [6.07, 6.45) is 0.544. The van der Waals surface area contributed by atoms with Crippen molar-refractivity contribution in [1.82, 2.24) is 0 Å². The monoisotopic (exact) mass is 831 g/mol. The average Bonchev–Trinajstić information content (AvgIpc) is 4.12. The van der Waals surface area contributed by atoms with Crippen molar-refractivity contribution < 1.29 is 59.4 Å². The molecule has 3 aliphatic carbocycles. The van der Waals surface area contributed by atoms with Gasteiger partial charge >= 0.3 is 35.8 Å². The molecule has 61 heavy (non-hydrogen) atoms. The molecule has 13 nitrogen and oxygen atoms in total. The van der Waals surface area contributed by atoms with Crippen molar-refractivity contribution >= 4 is 46.6 Å². The zero-order valence-electron chi connectivity index (χ0n) is 34.1. The van der Waals surface area contributed by atoms with Gasteiger partial charge in [-0.3, -0.25) is 28.8 Å². The second-order valence-corrected chi connectivity index (χ2v) is 16.1. The number of hydrogen-bond donors (Lipinski definition) is 7. The molecule has 0 saturated heterocycles. The van der Waals surface area contributed by atoms with Gasteiger partial charge in [0.05, 0.1) is 17.8 Å². The van der Waals surface area contributed by atoms with Crippen LogP contribution in [0.1, 0.15) is 71.2 Å². The molecule has 4 unspecified atom stereocenters. The number of aliphatic carboxylic acids is 6. The lowest BCUT2D eigenvalue weighted by Crippen LogP contribution is -2.25. The molecule has 0 amide bonds. The first kappa shape index (κ1) is 45.2. The summed E-state index contributed by atoms with van der Waals surface area (Å²) in [6.45, 7) is 7.72. The zero-order valence-corrected chi connectivity index (χ0v) is 34.1. The first-order valence-corrected chi connectivity index (χ1v) is 19.6. The molecule has 0 aliphatic heterocycles. The van der Waals surface area contributed by atoms with Crippen LogP contribution < -0.4 is 5.73 Å². The second kappa shape index (κ2) is 17.8. The Hall–Kier alpha value is -6.86. The van der Waals surface area contributed by atoms with Gasteiger partial charge in [0.25, 0.3) is 0 Å². The number of carboxylic acids is 6. The summed E-state index contributed by atoms with van der Waals surface area (Å²) >= 11 is 0. The molecule has 0 radical (unpaired) electrons. The molecule has 318 valence electrons. The highest BCUT2D eigenvalue weighted by molar-refractivity contribution is 5.96. The minimum Gasteiger partial charge on any atom is -0.481 e. The highest BCUT2D eigenvalue weighted by Gasteiger charge is 2.67. The Morgan fingerprint density at radius 2 is 0.770 bits per heavy atom. The number of benzene rings is 5. The fourth-order valence-electron chi connectivity index (χ4n) is 7.92. The van der Waals surface area contributed by atoms with E-state index in [9.17, 15) is 44.1 Å². The molecule has 8 rings (SSSR count). The summed E-state index contributed by atoms with van der Waals surface area (Å²) in [4.78, 5) is 66.2. The van der Waals surface area contributed by atoms with E-state index in [1.807, 2.05) is 39.8 Å². The Kier molecular flexibility index (Phi) is 13.2. The van der Waals surface area contributed by atoms with E-state index in [2.05, 4.69) is 30.3 Å². The number of hydrogen-bond acceptors (Lipinski definition) is 7. The maximum Gasteiger partial charge on any atom is 0.315 e. The summed E-state index contributed by atoms with van der Waals surface area (Å²) in [7, 11) is 0. The van der Waals surface area contributed by atoms with Gasteiger partial charge < -0.3 is 36.4 Å². The van der Waals surface area contributed by atoms with Crippen LogP contribution in [-0.2, 0) is 45.0 Å². The van der Waals surface area contributed by atoms with Crippen LogP contribution in [0.4, 0.5) is 0 Å². The van der Waals surface area contributed by atoms with Gasteiger partial charge in [-0.25, -0.2) is 0 Å². The van der Waals surface area contributed by atoms with Gasteiger partial charge in [-0.1, -0.05) is 132 Å². The summed E-state index contributed by atoms with van der Waals surface area (Å²) in [5.41, 5.74) is 8.29. The van der Waals surface area contributed by atoms with E-state index in [-0.39, 0.29) is 25.3 Å². The third kappa shape index (κ3) is 9.17. The average molecular weight is 832 g/mol. The Morgan fingerprint density at radius 3 is 1.03 bits per heavy atom. The second-order valence-electron chi connectivity index (χ2n) is 16.1. The number of carbonyl (C=O) groups is 6. The fourth-order valence-corrected chi connectivity index (χ4v) is 7.92. The molecule has 3 saturated carbocycles. The van der Waals surface area contributed by atoms with Gasteiger partial charge in [0.15, 0.2) is 0 Å². The molecule has 0 spiro atoms. The lowest BCUT2D eigenvalue weighted by Gasteiger charge is -2.11. The molecule has 0 bridgehead atoms. The van der Waals surface area contributed by atoms with E-state index in [1.54, 1.807) is 72.8 Å². The maximum atomic E-state index is 11.2. The first-order chi connectivity index (χ1) is 28.7. The van der Waals surface area contributed by atoms with Crippen molar-refractivity contribution in [2.75, 3.05) is 0 Å². The molecule has 7 atom stereocenters. The smallest absolute Gasteiger partial charge is 0.315 e. The molecule has 0 aromatic heterocycles. The first-order valence-electron chi connectivity index (χ1n) is 19.6. The Labute approximate surface area is 352 Å². The number of rotatable bonds is 10. The SMILES string of the molecule is C[C@H](N)c1cccc2ccccc12.Cc1ccc(C2(C(=O)O)CC2C(=O)O)cc1.Cc1ccc([C@@]2(C(=O)O)CC2C(=O)O)cc1.Cc1ccc([C@@]2(C(=O)O)CC2C(=O)O)cc1.